The number of nitrogens with one attached hydrogen (secondary N) is 2. The van der Waals surface area contributed by atoms with Crippen LogP contribution in [0.1, 0.15) is 25.8 Å². The first-order chi connectivity index (χ1) is 16.4. The normalized spacial score (nSPS) is 12.6. The van der Waals surface area contributed by atoms with Crippen LogP contribution >= 0.6 is 0 Å². The van der Waals surface area contributed by atoms with Crippen molar-refractivity contribution in [3.63, 3.8) is 0 Å². The molecule has 34 heavy (non-hydrogen) atoms. The summed E-state index contributed by atoms with van der Waals surface area (Å²) in [6.07, 6.45) is 5.31. The van der Waals surface area contributed by atoms with Gasteiger partial charge in [-0.25, -0.2) is 4.98 Å². The summed E-state index contributed by atoms with van der Waals surface area (Å²) < 4.78 is 11.7. The SMILES string of the molecule is CC[C@@H](C)[C@H](NC(=O)Cn1cnc2cc(OC)c(OC)cc2c1=O)C(=O)NCc1cccnc1. The average molecular weight is 468 g/mol. The van der Waals surface area contributed by atoms with Gasteiger partial charge in [0, 0.05) is 25.0 Å². The molecular formula is C24H29N5O5. The van der Waals surface area contributed by atoms with Gasteiger partial charge in [0.25, 0.3) is 5.56 Å². The third kappa shape index (κ3) is 5.69. The van der Waals surface area contributed by atoms with Crippen molar-refractivity contribution in [2.24, 2.45) is 5.92 Å². The van der Waals surface area contributed by atoms with Gasteiger partial charge in [-0.1, -0.05) is 26.3 Å². The van der Waals surface area contributed by atoms with Gasteiger partial charge in [-0.3, -0.25) is 23.9 Å². The van der Waals surface area contributed by atoms with Crippen molar-refractivity contribution in [3.05, 3.63) is 58.9 Å². The Hall–Kier alpha value is -3.95. The Labute approximate surface area is 197 Å². The van der Waals surface area contributed by atoms with Crippen LogP contribution in [0, 0.1) is 5.92 Å². The maximum atomic E-state index is 13.0. The van der Waals surface area contributed by atoms with Crippen molar-refractivity contribution in [3.8, 4) is 11.5 Å². The molecular weight excluding hydrogens is 438 g/mol. The van der Waals surface area contributed by atoms with E-state index in [4.69, 9.17) is 9.47 Å². The fourth-order valence-corrected chi connectivity index (χ4v) is 3.48. The summed E-state index contributed by atoms with van der Waals surface area (Å²) in [5, 5.41) is 5.90. The van der Waals surface area contributed by atoms with E-state index in [2.05, 4.69) is 20.6 Å². The predicted molar refractivity (Wildman–Crippen MR) is 127 cm³/mol. The molecule has 0 spiro atoms. The van der Waals surface area contributed by atoms with Crippen molar-refractivity contribution in [2.45, 2.75) is 39.4 Å². The minimum atomic E-state index is -0.748. The van der Waals surface area contributed by atoms with Crippen LogP contribution in [0.5, 0.6) is 11.5 Å². The predicted octanol–water partition coefficient (Wildman–Crippen LogP) is 1.66. The van der Waals surface area contributed by atoms with Crippen molar-refractivity contribution in [1.29, 1.82) is 0 Å². The summed E-state index contributed by atoms with van der Waals surface area (Å²) in [6.45, 7) is 3.85. The molecule has 10 nitrogen and oxygen atoms in total. The number of rotatable bonds is 10. The molecule has 3 aromatic rings. The van der Waals surface area contributed by atoms with Gasteiger partial charge in [-0.2, -0.15) is 0 Å². The zero-order valence-corrected chi connectivity index (χ0v) is 19.7. The molecule has 0 saturated heterocycles. The zero-order chi connectivity index (χ0) is 24.7. The Balaban J connectivity index is 1.75. The second kappa shape index (κ2) is 11.3. The second-order valence-electron chi connectivity index (χ2n) is 7.91. The van der Waals surface area contributed by atoms with Gasteiger partial charge in [0.05, 0.1) is 31.4 Å². The molecule has 0 aliphatic carbocycles. The minimum Gasteiger partial charge on any atom is -0.493 e. The number of methoxy groups -OCH3 is 2. The molecule has 0 fully saturated rings. The molecule has 2 N–H and O–H groups in total. The van der Waals surface area contributed by atoms with Crippen LogP contribution in [0.4, 0.5) is 0 Å². The quantitative estimate of drug-likeness (QED) is 0.465. The summed E-state index contributed by atoms with van der Waals surface area (Å²) in [6, 6.07) is 6.03. The number of pyridine rings is 1. The third-order valence-electron chi connectivity index (χ3n) is 5.64. The number of amides is 2. The number of benzene rings is 1. The van der Waals surface area contributed by atoms with Gasteiger partial charge >= 0.3 is 0 Å². The Morgan fingerprint density at radius 3 is 2.56 bits per heavy atom. The molecule has 0 aliphatic rings. The maximum Gasteiger partial charge on any atom is 0.261 e. The summed E-state index contributed by atoms with van der Waals surface area (Å²) in [5.41, 5.74) is 0.875. The van der Waals surface area contributed by atoms with Crippen molar-refractivity contribution >= 4 is 22.7 Å². The van der Waals surface area contributed by atoms with E-state index in [1.54, 1.807) is 24.5 Å². The molecule has 0 unspecified atom stereocenters. The average Bonchev–Trinajstić information content (AvgIpc) is 2.87. The lowest BCUT2D eigenvalue weighted by molar-refractivity contribution is -0.130. The molecule has 10 heteroatoms. The fraction of sp³-hybridized carbons (Fsp3) is 0.375. The third-order valence-corrected chi connectivity index (χ3v) is 5.64. The van der Waals surface area contributed by atoms with Gasteiger partial charge in [-0.05, 0) is 23.6 Å². The number of fused-ring (bicyclic) bond motifs is 1. The van der Waals surface area contributed by atoms with E-state index < -0.39 is 17.5 Å². The van der Waals surface area contributed by atoms with E-state index in [1.165, 1.54) is 31.2 Å². The molecule has 2 heterocycles. The molecule has 2 amide bonds. The monoisotopic (exact) mass is 467 g/mol. The highest BCUT2D eigenvalue weighted by atomic mass is 16.5. The number of aromatic nitrogens is 3. The molecule has 0 bridgehead atoms. The lowest BCUT2D eigenvalue weighted by Gasteiger charge is -2.23. The standard InChI is InChI=1S/C24H29N5O5/c1-5-15(2)22(23(31)26-12-16-7-6-8-25-11-16)28-21(30)13-29-14-27-18-10-20(34-4)19(33-3)9-17(18)24(29)32/h6-11,14-15,22H,5,12-13H2,1-4H3,(H,26,31)(H,28,30)/t15-,22+/m1/s1. The zero-order valence-electron chi connectivity index (χ0n) is 19.7. The second-order valence-corrected chi connectivity index (χ2v) is 7.91. The van der Waals surface area contributed by atoms with Gasteiger partial charge in [0.1, 0.15) is 12.6 Å². The van der Waals surface area contributed by atoms with Gasteiger partial charge < -0.3 is 20.1 Å². The molecule has 0 radical (unpaired) electrons. The first kappa shape index (κ1) is 24.7. The van der Waals surface area contributed by atoms with Crippen molar-refractivity contribution in [1.82, 2.24) is 25.2 Å². The summed E-state index contributed by atoms with van der Waals surface area (Å²) in [5.74, 6) is -0.0387. The number of nitrogens with zero attached hydrogens (tertiary/aromatic N) is 3. The lowest BCUT2D eigenvalue weighted by atomic mass is 9.98. The van der Waals surface area contributed by atoms with Crippen LogP contribution in [0.2, 0.25) is 0 Å². The Bertz CT molecular complexity index is 1210. The van der Waals surface area contributed by atoms with E-state index in [0.717, 1.165) is 5.56 Å². The van der Waals surface area contributed by atoms with E-state index in [9.17, 15) is 14.4 Å². The summed E-state index contributed by atoms with van der Waals surface area (Å²) in [7, 11) is 2.97. The Morgan fingerprint density at radius 1 is 1.18 bits per heavy atom. The van der Waals surface area contributed by atoms with Crippen LogP contribution in [0.3, 0.4) is 0 Å². The van der Waals surface area contributed by atoms with Crippen LogP contribution in [0.15, 0.2) is 47.8 Å². The van der Waals surface area contributed by atoms with E-state index in [0.29, 0.717) is 35.4 Å². The molecule has 3 rings (SSSR count). The lowest BCUT2D eigenvalue weighted by Crippen LogP contribution is -2.51. The number of carbonyl (C=O) groups is 2. The Morgan fingerprint density at radius 2 is 1.91 bits per heavy atom. The first-order valence-electron chi connectivity index (χ1n) is 10.9. The van der Waals surface area contributed by atoms with E-state index in [-0.39, 0.29) is 18.4 Å². The van der Waals surface area contributed by atoms with Crippen molar-refractivity contribution in [2.75, 3.05) is 14.2 Å². The summed E-state index contributed by atoms with van der Waals surface area (Å²) in [4.78, 5) is 46.9. The van der Waals surface area contributed by atoms with Gasteiger partial charge in [-0.15, -0.1) is 0 Å². The van der Waals surface area contributed by atoms with Gasteiger partial charge in [0.15, 0.2) is 11.5 Å². The fourth-order valence-electron chi connectivity index (χ4n) is 3.48. The molecule has 1 aromatic carbocycles. The number of hydrogen-bond donors (Lipinski definition) is 2. The molecule has 2 aromatic heterocycles. The summed E-state index contributed by atoms with van der Waals surface area (Å²) >= 11 is 0. The van der Waals surface area contributed by atoms with Crippen LogP contribution in [-0.4, -0.2) is 46.6 Å². The topological polar surface area (TPSA) is 124 Å². The van der Waals surface area contributed by atoms with E-state index in [1.807, 2.05) is 19.9 Å². The van der Waals surface area contributed by atoms with Crippen molar-refractivity contribution < 1.29 is 19.1 Å². The molecule has 0 aliphatic heterocycles. The smallest absolute Gasteiger partial charge is 0.261 e. The van der Waals surface area contributed by atoms with Crippen LogP contribution in [-0.2, 0) is 22.7 Å². The maximum absolute atomic E-state index is 13.0. The highest BCUT2D eigenvalue weighted by Crippen LogP contribution is 2.29. The highest BCUT2D eigenvalue weighted by Gasteiger charge is 2.26. The highest BCUT2D eigenvalue weighted by molar-refractivity contribution is 5.88. The first-order valence-corrected chi connectivity index (χ1v) is 10.9. The Kier molecular flexibility index (Phi) is 8.18. The van der Waals surface area contributed by atoms with E-state index >= 15 is 0 Å². The number of carbonyl (C=O) groups excluding carboxylic acids is 2. The number of hydrogen-bond acceptors (Lipinski definition) is 7. The molecule has 2 atom stereocenters. The molecule has 180 valence electrons. The number of ether oxygens (including phenoxy) is 2. The van der Waals surface area contributed by atoms with Crippen LogP contribution in [0.25, 0.3) is 10.9 Å². The molecule has 0 saturated carbocycles. The van der Waals surface area contributed by atoms with Crippen LogP contribution < -0.4 is 25.7 Å². The largest absolute Gasteiger partial charge is 0.493 e. The van der Waals surface area contributed by atoms with Gasteiger partial charge in [0.2, 0.25) is 11.8 Å². The minimum absolute atomic E-state index is 0.110.